The predicted molar refractivity (Wildman–Crippen MR) is 87.3 cm³/mol. The highest BCUT2D eigenvalue weighted by atomic mass is 32.1. The van der Waals surface area contributed by atoms with Crippen LogP contribution in [-0.4, -0.2) is 16.5 Å². The third kappa shape index (κ3) is 1.74. The van der Waals surface area contributed by atoms with Crippen molar-refractivity contribution in [2.45, 2.75) is 19.3 Å². The summed E-state index contributed by atoms with van der Waals surface area (Å²) in [6.07, 6.45) is 7.80. The van der Waals surface area contributed by atoms with E-state index in [0.29, 0.717) is 0 Å². The van der Waals surface area contributed by atoms with Gasteiger partial charge in [-0.2, -0.15) is 0 Å². The van der Waals surface area contributed by atoms with Crippen LogP contribution in [0.25, 0.3) is 6.08 Å². The second kappa shape index (κ2) is 4.60. The summed E-state index contributed by atoms with van der Waals surface area (Å²) in [5, 5.41) is 0. The third-order valence-corrected chi connectivity index (χ3v) is 4.63. The summed E-state index contributed by atoms with van der Waals surface area (Å²) >= 11 is 5.72. The van der Waals surface area contributed by atoms with Gasteiger partial charge in [-0.05, 0) is 48.6 Å². The largest absolute Gasteiger partial charge is 0.353 e. The van der Waals surface area contributed by atoms with Crippen LogP contribution in [0.2, 0.25) is 0 Å². The van der Waals surface area contributed by atoms with Crippen molar-refractivity contribution in [1.82, 2.24) is 4.98 Å². The minimum atomic E-state index is 0.931. The van der Waals surface area contributed by atoms with Crippen LogP contribution in [-0.2, 0) is 12.8 Å². The van der Waals surface area contributed by atoms with Crippen LogP contribution in [0.3, 0.4) is 0 Å². The first kappa shape index (κ1) is 11.9. The molecular formula is C17H16N2S. The van der Waals surface area contributed by atoms with E-state index in [2.05, 4.69) is 46.3 Å². The molecule has 1 aliphatic heterocycles. The lowest BCUT2D eigenvalue weighted by Gasteiger charge is -2.30. The topological polar surface area (TPSA) is 19.0 Å². The van der Waals surface area contributed by atoms with E-state index in [9.17, 15) is 0 Å². The van der Waals surface area contributed by atoms with E-state index in [1.165, 1.54) is 22.5 Å². The molecule has 1 aliphatic carbocycles. The number of allylic oxidation sites excluding steroid dienone is 1. The maximum absolute atomic E-state index is 5.72. The maximum atomic E-state index is 5.72. The number of thiocarbonyl (C=S) groups is 1. The van der Waals surface area contributed by atoms with Crippen molar-refractivity contribution in [2.75, 3.05) is 11.4 Å². The summed E-state index contributed by atoms with van der Waals surface area (Å²) in [6.45, 7) is 0.976. The van der Waals surface area contributed by atoms with E-state index in [4.69, 9.17) is 12.2 Å². The van der Waals surface area contributed by atoms with Crippen molar-refractivity contribution in [3.63, 3.8) is 0 Å². The number of aromatic nitrogens is 1. The summed E-state index contributed by atoms with van der Waals surface area (Å²) in [6, 6.07) is 10.4. The monoisotopic (exact) mass is 280 g/mol. The average molecular weight is 280 g/mol. The lowest BCUT2D eigenvalue weighted by atomic mass is 9.95. The predicted octanol–water partition coefficient (Wildman–Crippen LogP) is 3.71. The fraction of sp³-hybridized carbons (Fsp3) is 0.235. The standard InChI is InChI=1S/C17H16N2S/c20-17-16-14(13-8-4-5-9-15(13)18-16)10-11-19(17)12-6-2-1-3-7-12/h1-3,5-7,9,18H,4,8,10-11H2. The molecule has 100 valence electrons. The van der Waals surface area contributed by atoms with Crippen molar-refractivity contribution in [2.24, 2.45) is 0 Å². The molecule has 0 fully saturated rings. The van der Waals surface area contributed by atoms with E-state index >= 15 is 0 Å². The molecule has 0 radical (unpaired) electrons. The molecule has 3 heteroatoms. The Kier molecular flexibility index (Phi) is 2.74. The molecule has 0 spiro atoms. The number of nitrogens with zero attached hydrogens (tertiary/aromatic N) is 1. The fourth-order valence-corrected chi connectivity index (χ4v) is 3.60. The Morgan fingerprint density at radius 2 is 1.90 bits per heavy atom. The smallest absolute Gasteiger partial charge is 0.130 e. The molecule has 2 aromatic rings. The Balaban J connectivity index is 1.77. The van der Waals surface area contributed by atoms with Crippen LogP contribution in [0.5, 0.6) is 0 Å². The van der Waals surface area contributed by atoms with Gasteiger partial charge < -0.3 is 9.88 Å². The first-order chi connectivity index (χ1) is 9.84. The fourth-order valence-electron chi connectivity index (χ4n) is 3.23. The van der Waals surface area contributed by atoms with Crippen molar-refractivity contribution >= 4 is 29.0 Å². The third-order valence-electron chi connectivity index (χ3n) is 4.21. The lowest BCUT2D eigenvalue weighted by molar-refractivity contribution is 0.883. The van der Waals surface area contributed by atoms with Gasteiger partial charge in [0.05, 0.1) is 5.69 Å². The van der Waals surface area contributed by atoms with Crippen molar-refractivity contribution in [3.05, 3.63) is 58.9 Å². The number of hydrogen-bond donors (Lipinski definition) is 1. The summed E-state index contributed by atoms with van der Waals surface area (Å²) in [7, 11) is 0. The minimum absolute atomic E-state index is 0.931. The highest BCUT2D eigenvalue weighted by Gasteiger charge is 2.27. The number of hydrogen-bond acceptors (Lipinski definition) is 1. The highest BCUT2D eigenvalue weighted by Crippen LogP contribution is 2.31. The van der Waals surface area contributed by atoms with E-state index in [0.717, 1.165) is 36.5 Å². The second-order valence-corrected chi connectivity index (χ2v) is 5.74. The van der Waals surface area contributed by atoms with Gasteiger partial charge in [0.15, 0.2) is 0 Å². The van der Waals surface area contributed by atoms with E-state index in [1.54, 1.807) is 0 Å². The molecule has 0 saturated heterocycles. The molecule has 1 aromatic heterocycles. The average Bonchev–Trinajstić information content (AvgIpc) is 2.88. The molecule has 2 aliphatic rings. The van der Waals surface area contributed by atoms with Crippen LogP contribution in [0.1, 0.15) is 28.9 Å². The number of anilines is 1. The van der Waals surface area contributed by atoms with Gasteiger partial charge in [-0.3, -0.25) is 0 Å². The van der Waals surface area contributed by atoms with Gasteiger partial charge >= 0.3 is 0 Å². The molecule has 20 heavy (non-hydrogen) atoms. The van der Waals surface area contributed by atoms with E-state index in [1.807, 2.05) is 6.07 Å². The molecular weight excluding hydrogens is 264 g/mol. The number of rotatable bonds is 1. The molecule has 0 atom stereocenters. The van der Waals surface area contributed by atoms with Gasteiger partial charge in [-0.25, -0.2) is 0 Å². The van der Waals surface area contributed by atoms with Crippen LogP contribution in [0.4, 0.5) is 5.69 Å². The van der Waals surface area contributed by atoms with E-state index < -0.39 is 0 Å². The Bertz CT molecular complexity index is 697. The van der Waals surface area contributed by atoms with Gasteiger partial charge in [0.1, 0.15) is 4.99 Å². The maximum Gasteiger partial charge on any atom is 0.130 e. The number of fused-ring (bicyclic) bond motifs is 3. The summed E-state index contributed by atoms with van der Waals surface area (Å²) in [5.74, 6) is 0. The molecule has 0 unspecified atom stereocenters. The Morgan fingerprint density at radius 1 is 1.05 bits per heavy atom. The molecule has 0 saturated carbocycles. The van der Waals surface area contributed by atoms with Gasteiger partial charge in [-0.1, -0.05) is 36.5 Å². The lowest BCUT2D eigenvalue weighted by Crippen LogP contribution is -2.37. The zero-order valence-electron chi connectivity index (χ0n) is 11.2. The van der Waals surface area contributed by atoms with Crippen LogP contribution < -0.4 is 4.90 Å². The zero-order chi connectivity index (χ0) is 13.5. The Morgan fingerprint density at radius 3 is 2.75 bits per heavy atom. The van der Waals surface area contributed by atoms with Crippen molar-refractivity contribution < 1.29 is 0 Å². The summed E-state index contributed by atoms with van der Waals surface area (Å²) in [5.41, 5.74) is 6.54. The van der Waals surface area contributed by atoms with Gasteiger partial charge in [0, 0.05) is 17.9 Å². The van der Waals surface area contributed by atoms with Gasteiger partial charge in [0.25, 0.3) is 0 Å². The SMILES string of the molecule is S=C1c2[nH]c3c(c2CCN1c1ccccc1)CCC=C3. The normalized spacial score (nSPS) is 17.0. The Labute approximate surface area is 124 Å². The molecule has 2 nitrogen and oxygen atoms in total. The first-order valence-corrected chi connectivity index (χ1v) is 7.52. The summed E-state index contributed by atoms with van der Waals surface area (Å²) < 4.78 is 0. The van der Waals surface area contributed by atoms with Crippen LogP contribution in [0, 0.1) is 0 Å². The summed E-state index contributed by atoms with van der Waals surface area (Å²) in [4.78, 5) is 6.70. The van der Waals surface area contributed by atoms with Crippen molar-refractivity contribution in [3.8, 4) is 0 Å². The molecule has 0 amide bonds. The molecule has 4 rings (SSSR count). The van der Waals surface area contributed by atoms with Gasteiger partial charge in [-0.15, -0.1) is 0 Å². The number of nitrogens with one attached hydrogen (secondary N) is 1. The number of H-pyrrole nitrogens is 1. The van der Waals surface area contributed by atoms with Crippen LogP contribution in [0.15, 0.2) is 36.4 Å². The van der Waals surface area contributed by atoms with Crippen molar-refractivity contribution in [1.29, 1.82) is 0 Å². The van der Waals surface area contributed by atoms with Gasteiger partial charge in [0.2, 0.25) is 0 Å². The second-order valence-electron chi connectivity index (χ2n) is 5.35. The number of aromatic amines is 1. The first-order valence-electron chi connectivity index (χ1n) is 7.12. The quantitative estimate of drug-likeness (QED) is 0.803. The zero-order valence-corrected chi connectivity index (χ0v) is 12.0. The minimum Gasteiger partial charge on any atom is -0.353 e. The highest BCUT2D eigenvalue weighted by molar-refractivity contribution is 7.81. The van der Waals surface area contributed by atoms with E-state index in [-0.39, 0.29) is 0 Å². The number of para-hydroxylation sites is 1. The molecule has 1 aromatic carbocycles. The molecule has 2 heterocycles. The Hall–Kier alpha value is -1.87. The number of benzene rings is 1. The molecule has 0 bridgehead atoms. The molecule has 1 N–H and O–H groups in total. The van der Waals surface area contributed by atoms with Crippen LogP contribution >= 0.6 is 12.2 Å².